The van der Waals surface area contributed by atoms with E-state index in [1.165, 1.54) is 12.1 Å². The lowest BCUT2D eigenvalue weighted by atomic mass is 10.0. The summed E-state index contributed by atoms with van der Waals surface area (Å²) in [6, 6.07) is 12.2. The molecule has 2 rings (SSSR count). The minimum atomic E-state index is -3.92. The van der Waals surface area contributed by atoms with Crippen LogP contribution >= 0.6 is 0 Å². The molecule has 1 atom stereocenters. The van der Waals surface area contributed by atoms with Crippen molar-refractivity contribution in [2.24, 2.45) is 5.92 Å². The molecular weight excluding hydrogens is 328 g/mol. The van der Waals surface area contributed by atoms with Gasteiger partial charge in [-0.1, -0.05) is 44.2 Å². The first-order valence-electron chi connectivity index (χ1n) is 7.42. The monoisotopic (exact) mass is 348 g/mol. The number of aliphatic carboxylic acids is 1. The Kier molecular flexibility index (Phi) is 5.26. The Morgan fingerprint density at radius 2 is 1.67 bits per heavy atom. The molecule has 0 saturated heterocycles. The van der Waals surface area contributed by atoms with E-state index >= 15 is 0 Å². The minimum Gasteiger partial charge on any atom is -0.480 e. The van der Waals surface area contributed by atoms with Crippen LogP contribution < -0.4 is 10.5 Å². The third-order valence-electron chi connectivity index (χ3n) is 3.65. The second-order valence-corrected chi connectivity index (χ2v) is 7.51. The van der Waals surface area contributed by atoms with Gasteiger partial charge >= 0.3 is 5.97 Å². The Morgan fingerprint density at radius 3 is 2.17 bits per heavy atom. The average Bonchev–Trinajstić information content (AvgIpc) is 2.53. The Labute approximate surface area is 141 Å². The highest BCUT2D eigenvalue weighted by Crippen LogP contribution is 2.26. The van der Waals surface area contributed by atoms with Gasteiger partial charge in [-0.05, 0) is 29.7 Å². The Bertz CT molecular complexity index is 830. The number of nitrogens with one attached hydrogen (secondary N) is 1. The molecule has 0 saturated carbocycles. The van der Waals surface area contributed by atoms with E-state index in [9.17, 15) is 13.2 Å². The van der Waals surface area contributed by atoms with E-state index in [1.54, 1.807) is 32.0 Å². The van der Waals surface area contributed by atoms with Crippen LogP contribution in [0.15, 0.2) is 53.4 Å². The minimum absolute atomic E-state index is 0.00709. The van der Waals surface area contributed by atoms with Crippen molar-refractivity contribution in [3.63, 3.8) is 0 Å². The largest absolute Gasteiger partial charge is 0.480 e. The van der Waals surface area contributed by atoms with Crippen molar-refractivity contribution >= 4 is 21.7 Å². The smallest absolute Gasteiger partial charge is 0.322 e. The van der Waals surface area contributed by atoms with Crippen LogP contribution in [0.25, 0.3) is 11.1 Å². The first-order valence-corrected chi connectivity index (χ1v) is 8.91. The van der Waals surface area contributed by atoms with Crippen LogP contribution in [0.1, 0.15) is 13.8 Å². The summed E-state index contributed by atoms with van der Waals surface area (Å²) >= 11 is 0. The number of nitrogens with two attached hydrogens (primary N) is 1. The van der Waals surface area contributed by atoms with E-state index in [-0.39, 0.29) is 10.8 Å². The van der Waals surface area contributed by atoms with E-state index < -0.39 is 22.0 Å². The van der Waals surface area contributed by atoms with Gasteiger partial charge in [-0.2, -0.15) is 4.72 Å². The van der Waals surface area contributed by atoms with Gasteiger partial charge in [0.2, 0.25) is 10.0 Å². The summed E-state index contributed by atoms with van der Waals surface area (Å²) in [7, 11) is -3.92. The molecule has 0 spiro atoms. The van der Waals surface area contributed by atoms with Gasteiger partial charge in [-0.15, -0.1) is 0 Å². The van der Waals surface area contributed by atoms with Crippen molar-refractivity contribution in [3.05, 3.63) is 48.5 Å². The molecular formula is C17H20N2O4S. The molecule has 0 aliphatic carbocycles. The lowest BCUT2D eigenvalue weighted by molar-refractivity contribution is -0.140. The van der Waals surface area contributed by atoms with Crippen molar-refractivity contribution in [2.75, 3.05) is 5.73 Å². The Balaban J connectivity index is 2.30. The highest BCUT2D eigenvalue weighted by molar-refractivity contribution is 7.89. The zero-order valence-electron chi connectivity index (χ0n) is 13.4. The van der Waals surface area contributed by atoms with Gasteiger partial charge in [0, 0.05) is 11.3 Å². The molecule has 0 bridgehead atoms. The lowest BCUT2D eigenvalue weighted by Gasteiger charge is -2.18. The number of hydrogen-bond donors (Lipinski definition) is 3. The van der Waals surface area contributed by atoms with Crippen LogP contribution in [-0.2, 0) is 14.8 Å². The van der Waals surface area contributed by atoms with Crippen molar-refractivity contribution in [2.45, 2.75) is 24.8 Å². The fraction of sp³-hybridized carbons (Fsp3) is 0.235. The van der Waals surface area contributed by atoms with Gasteiger partial charge in [0.05, 0.1) is 4.90 Å². The van der Waals surface area contributed by atoms with Gasteiger partial charge < -0.3 is 10.8 Å². The Morgan fingerprint density at radius 1 is 1.08 bits per heavy atom. The predicted molar refractivity (Wildman–Crippen MR) is 92.9 cm³/mol. The van der Waals surface area contributed by atoms with E-state index in [0.29, 0.717) is 5.69 Å². The van der Waals surface area contributed by atoms with Crippen molar-refractivity contribution < 1.29 is 18.3 Å². The normalized spacial score (nSPS) is 13.0. The molecule has 0 amide bonds. The van der Waals surface area contributed by atoms with Crippen LogP contribution in [-0.4, -0.2) is 25.5 Å². The molecule has 128 valence electrons. The molecule has 2 aromatic rings. The van der Waals surface area contributed by atoms with E-state index in [4.69, 9.17) is 10.8 Å². The number of hydrogen-bond acceptors (Lipinski definition) is 4. The van der Waals surface area contributed by atoms with Crippen LogP contribution in [0.3, 0.4) is 0 Å². The highest BCUT2D eigenvalue weighted by atomic mass is 32.2. The summed E-state index contributed by atoms with van der Waals surface area (Å²) in [4.78, 5) is 11.2. The van der Waals surface area contributed by atoms with Gasteiger partial charge in [-0.3, -0.25) is 4.79 Å². The number of rotatable bonds is 6. The SMILES string of the molecule is CC(C)C(NS(=O)(=O)c1ccc(-c2ccccc2N)cc1)C(=O)O. The quantitative estimate of drug-likeness (QED) is 0.694. The Hall–Kier alpha value is -2.38. The van der Waals surface area contributed by atoms with Crippen molar-refractivity contribution in [1.29, 1.82) is 0 Å². The molecule has 1 unspecified atom stereocenters. The first kappa shape index (κ1) is 18.0. The van der Waals surface area contributed by atoms with Crippen LogP contribution in [0.5, 0.6) is 0 Å². The standard InChI is InChI=1S/C17H20N2O4S/c1-11(2)16(17(20)21)19-24(22,23)13-9-7-12(8-10-13)14-5-3-4-6-15(14)18/h3-11,16,19H,18H2,1-2H3,(H,20,21). The summed E-state index contributed by atoms with van der Waals surface area (Å²) in [6.45, 7) is 3.28. The van der Waals surface area contributed by atoms with Crippen LogP contribution in [0, 0.1) is 5.92 Å². The van der Waals surface area contributed by atoms with Crippen molar-refractivity contribution in [3.8, 4) is 11.1 Å². The predicted octanol–water partition coefficient (Wildman–Crippen LogP) is 2.32. The molecule has 24 heavy (non-hydrogen) atoms. The number of sulfonamides is 1. The first-order chi connectivity index (χ1) is 11.2. The maximum Gasteiger partial charge on any atom is 0.322 e. The third kappa shape index (κ3) is 3.93. The summed E-state index contributed by atoms with van der Waals surface area (Å²) < 4.78 is 27.0. The molecule has 0 radical (unpaired) electrons. The fourth-order valence-electron chi connectivity index (χ4n) is 2.28. The number of carbonyl (C=O) groups is 1. The van der Waals surface area contributed by atoms with Gasteiger partial charge in [0.25, 0.3) is 0 Å². The highest BCUT2D eigenvalue weighted by Gasteiger charge is 2.27. The number of nitrogen functional groups attached to an aromatic ring is 1. The molecule has 6 nitrogen and oxygen atoms in total. The second-order valence-electron chi connectivity index (χ2n) is 5.79. The fourth-order valence-corrected chi connectivity index (χ4v) is 3.62. The van der Waals surface area contributed by atoms with Crippen LogP contribution in [0.4, 0.5) is 5.69 Å². The number of carboxylic acid groups (broad SMARTS) is 1. The number of anilines is 1. The zero-order valence-corrected chi connectivity index (χ0v) is 14.2. The van der Waals surface area contributed by atoms with Gasteiger partial charge in [-0.25, -0.2) is 8.42 Å². The molecule has 4 N–H and O–H groups in total. The van der Waals surface area contributed by atoms with E-state index in [0.717, 1.165) is 11.1 Å². The van der Waals surface area contributed by atoms with Gasteiger partial charge in [0.1, 0.15) is 6.04 Å². The van der Waals surface area contributed by atoms with E-state index in [1.807, 2.05) is 18.2 Å². The topological polar surface area (TPSA) is 109 Å². The zero-order chi connectivity index (χ0) is 17.9. The van der Waals surface area contributed by atoms with E-state index in [2.05, 4.69) is 4.72 Å². The number of para-hydroxylation sites is 1. The van der Waals surface area contributed by atoms with Crippen LogP contribution in [0.2, 0.25) is 0 Å². The second kappa shape index (κ2) is 7.02. The maximum absolute atomic E-state index is 12.4. The average molecular weight is 348 g/mol. The molecule has 0 aliphatic heterocycles. The molecule has 7 heteroatoms. The summed E-state index contributed by atoms with van der Waals surface area (Å²) in [6.07, 6.45) is 0. The maximum atomic E-state index is 12.4. The molecule has 2 aromatic carbocycles. The van der Waals surface area contributed by atoms with Crippen molar-refractivity contribution in [1.82, 2.24) is 4.72 Å². The number of benzene rings is 2. The molecule has 0 fully saturated rings. The number of carboxylic acids is 1. The summed E-state index contributed by atoms with van der Waals surface area (Å²) in [5.41, 5.74) is 8.10. The third-order valence-corrected chi connectivity index (χ3v) is 5.11. The van der Waals surface area contributed by atoms with Gasteiger partial charge in [0.15, 0.2) is 0 Å². The molecule has 0 aromatic heterocycles. The molecule has 0 heterocycles. The molecule has 0 aliphatic rings. The lowest BCUT2D eigenvalue weighted by Crippen LogP contribution is -2.44. The summed E-state index contributed by atoms with van der Waals surface area (Å²) in [5.74, 6) is -1.58. The summed E-state index contributed by atoms with van der Waals surface area (Å²) in [5, 5.41) is 9.14.